The Morgan fingerprint density at radius 2 is 2.07 bits per heavy atom. The van der Waals surface area contributed by atoms with Crippen LogP contribution in [-0.4, -0.2) is 26.9 Å². The monoisotopic (exact) mass is 361 g/mol. The first kappa shape index (κ1) is 17.8. The number of rotatable bonds is 5. The van der Waals surface area contributed by atoms with Gasteiger partial charge in [0, 0.05) is 49.5 Å². The van der Waals surface area contributed by atoms with Gasteiger partial charge in [-0.2, -0.15) is 0 Å². The molecule has 1 saturated heterocycles. The van der Waals surface area contributed by atoms with Gasteiger partial charge in [-0.3, -0.25) is 9.78 Å². The maximum absolute atomic E-state index is 12.9. The number of benzene rings is 1. The van der Waals surface area contributed by atoms with E-state index < -0.39 is 0 Å². The molecule has 0 aliphatic carbocycles. The van der Waals surface area contributed by atoms with E-state index in [-0.39, 0.29) is 11.9 Å². The van der Waals surface area contributed by atoms with Crippen molar-refractivity contribution in [3.05, 3.63) is 66.1 Å². The van der Waals surface area contributed by atoms with Crippen LogP contribution in [0.25, 0.3) is 10.9 Å². The van der Waals surface area contributed by atoms with Crippen molar-refractivity contribution in [1.29, 1.82) is 0 Å². The van der Waals surface area contributed by atoms with Crippen LogP contribution in [0.1, 0.15) is 49.3 Å². The molecule has 2 aromatic heterocycles. The van der Waals surface area contributed by atoms with Crippen LogP contribution in [0.5, 0.6) is 0 Å². The Hall–Kier alpha value is -2.62. The molecule has 3 heterocycles. The van der Waals surface area contributed by atoms with E-state index in [1.165, 1.54) is 28.5 Å². The third-order valence-electron chi connectivity index (χ3n) is 5.71. The molecule has 1 aliphatic rings. The summed E-state index contributed by atoms with van der Waals surface area (Å²) in [6, 6.07) is 12.7. The topological polar surface area (TPSA) is 38.1 Å². The van der Waals surface area contributed by atoms with Crippen LogP contribution in [-0.2, 0) is 18.3 Å². The lowest BCUT2D eigenvalue weighted by Crippen LogP contribution is -2.38. The van der Waals surface area contributed by atoms with Gasteiger partial charge in [0.15, 0.2) is 0 Å². The van der Waals surface area contributed by atoms with E-state index in [1.807, 2.05) is 12.3 Å². The van der Waals surface area contributed by atoms with Gasteiger partial charge >= 0.3 is 0 Å². The number of carbonyl (C=O) groups excluding carboxylic acids is 1. The number of pyridine rings is 1. The van der Waals surface area contributed by atoms with Crippen LogP contribution in [0.2, 0.25) is 0 Å². The fourth-order valence-electron chi connectivity index (χ4n) is 4.35. The Kier molecular flexibility index (Phi) is 5.23. The highest BCUT2D eigenvalue weighted by Crippen LogP contribution is 2.31. The molecule has 0 N–H and O–H groups in total. The average molecular weight is 361 g/mol. The first-order chi connectivity index (χ1) is 13.2. The number of piperidine rings is 1. The Balaban J connectivity index is 1.41. The molecule has 1 amide bonds. The summed E-state index contributed by atoms with van der Waals surface area (Å²) in [7, 11) is 2.09. The van der Waals surface area contributed by atoms with Crippen LogP contribution >= 0.6 is 0 Å². The number of amides is 1. The molecule has 0 spiro atoms. The zero-order valence-corrected chi connectivity index (χ0v) is 16.0. The maximum Gasteiger partial charge on any atom is 0.223 e. The summed E-state index contributed by atoms with van der Waals surface area (Å²) in [5.41, 5.74) is 3.76. The lowest BCUT2D eigenvalue weighted by molar-refractivity contribution is -0.135. The Morgan fingerprint density at radius 1 is 1.19 bits per heavy atom. The number of nitrogens with zero attached hydrogens (tertiary/aromatic N) is 3. The number of hydrogen-bond donors (Lipinski definition) is 0. The Morgan fingerprint density at radius 3 is 2.93 bits per heavy atom. The summed E-state index contributed by atoms with van der Waals surface area (Å²) in [6.07, 6.45) is 11.7. The Bertz CT molecular complexity index is 916. The molecule has 1 fully saturated rings. The molecule has 4 nitrogen and oxygen atoms in total. The molecular formula is C23H27N3O. The average Bonchev–Trinajstić information content (AvgIpc) is 3.04. The fraction of sp³-hybridized carbons (Fsp3) is 0.391. The molecule has 0 saturated carbocycles. The summed E-state index contributed by atoms with van der Waals surface area (Å²) in [6.45, 7) is 0.868. The van der Waals surface area contributed by atoms with Gasteiger partial charge in [0.25, 0.3) is 0 Å². The second-order valence-electron chi connectivity index (χ2n) is 7.52. The summed E-state index contributed by atoms with van der Waals surface area (Å²) in [5, 5.41) is 1.30. The van der Waals surface area contributed by atoms with Crippen LogP contribution < -0.4 is 0 Å². The van der Waals surface area contributed by atoms with Gasteiger partial charge in [-0.05, 0) is 55.4 Å². The highest BCUT2D eigenvalue weighted by molar-refractivity contribution is 5.84. The minimum Gasteiger partial charge on any atom is -0.350 e. The van der Waals surface area contributed by atoms with Gasteiger partial charge in [0.05, 0.1) is 6.04 Å². The standard InChI is InChI=1S/C23H27N3O/c1-25-17-19(20-10-2-3-12-22(20)25)8-6-13-23(27)26-15-5-4-11-21(26)18-9-7-14-24-16-18/h2-3,7,9-10,12,14,16-17,21H,4-6,8,11,13,15H2,1H3/t21-/m0/s1. The molecule has 4 heteroatoms. The van der Waals surface area contributed by atoms with E-state index >= 15 is 0 Å². The summed E-state index contributed by atoms with van der Waals surface area (Å²) < 4.78 is 2.18. The van der Waals surface area contributed by atoms with E-state index in [0.29, 0.717) is 6.42 Å². The minimum atomic E-state index is 0.192. The number of para-hydroxylation sites is 1. The maximum atomic E-state index is 12.9. The number of likely N-dealkylation sites (tertiary alicyclic amines) is 1. The first-order valence-corrected chi connectivity index (χ1v) is 9.96. The number of aryl methyl sites for hydroxylation is 2. The summed E-state index contributed by atoms with van der Waals surface area (Å²) in [5.74, 6) is 0.281. The highest BCUT2D eigenvalue weighted by Gasteiger charge is 2.27. The van der Waals surface area contributed by atoms with E-state index in [4.69, 9.17) is 0 Å². The van der Waals surface area contributed by atoms with E-state index in [2.05, 4.69) is 58.0 Å². The molecule has 1 aromatic carbocycles. The van der Waals surface area contributed by atoms with E-state index in [9.17, 15) is 4.79 Å². The van der Waals surface area contributed by atoms with Gasteiger partial charge in [-0.25, -0.2) is 0 Å². The van der Waals surface area contributed by atoms with Gasteiger partial charge in [0.1, 0.15) is 0 Å². The largest absolute Gasteiger partial charge is 0.350 e. The second kappa shape index (κ2) is 7.95. The highest BCUT2D eigenvalue weighted by atomic mass is 16.2. The molecule has 0 unspecified atom stereocenters. The van der Waals surface area contributed by atoms with Crippen molar-refractivity contribution >= 4 is 16.8 Å². The Labute approximate surface area is 160 Å². The molecule has 1 aliphatic heterocycles. The zero-order valence-electron chi connectivity index (χ0n) is 16.0. The van der Waals surface area contributed by atoms with Crippen LogP contribution in [0, 0.1) is 0 Å². The molecule has 3 aromatic rings. The zero-order chi connectivity index (χ0) is 18.6. The quantitative estimate of drug-likeness (QED) is 0.663. The predicted molar refractivity (Wildman–Crippen MR) is 108 cm³/mol. The lowest BCUT2D eigenvalue weighted by atomic mass is 9.95. The fourth-order valence-corrected chi connectivity index (χ4v) is 4.35. The lowest BCUT2D eigenvalue weighted by Gasteiger charge is -2.36. The summed E-state index contributed by atoms with van der Waals surface area (Å²) >= 11 is 0. The molecule has 140 valence electrons. The van der Waals surface area contributed by atoms with Crippen LogP contribution in [0.4, 0.5) is 0 Å². The molecule has 0 bridgehead atoms. The number of aromatic nitrogens is 2. The first-order valence-electron chi connectivity index (χ1n) is 9.96. The number of carbonyl (C=O) groups is 1. The van der Waals surface area contributed by atoms with Crippen molar-refractivity contribution in [2.24, 2.45) is 7.05 Å². The third kappa shape index (κ3) is 3.75. The van der Waals surface area contributed by atoms with Gasteiger partial charge in [0.2, 0.25) is 5.91 Å². The molecular weight excluding hydrogens is 334 g/mol. The molecule has 4 rings (SSSR count). The molecule has 0 radical (unpaired) electrons. The van der Waals surface area contributed by atoms with Crippen LogP contribution in [0.3, 0.4) is 0 Å². The van der Waals surface area contributed by atoms with Gasteiger partial charge in [-0.1, -0.05) is 24.3 Å². The van der Waals surface area contributed by atoms with Crippen molar-refractivity contribution in [3.8, 4) is 0 Å². The second-order valence-corrected chi connectivity index (χ2v) is 7.52. The van der Waals surface area contributed by atoms with Crippen molar-refractivity contribution < 1.29 is 4.79 Å². The van der Waals surface area contributed by atoms with Crippen molar-refractivity contribution in [1.82, 2.24) is 14.5 Å². The van der Waals surface area contributed by atoms with E-state index in [0.717, 1.165) is 32.2 Å². The SMILES string of the molecule is Cn1cc(CCCC(=O)N2CCCC[C@H]2c2cccnc2)c2ccccc21. The van der Waals surface area contributed by atoms with Gasteiger partial charge in [-0.15, -0.1) is 0 Å². The predicted octanol–water partition coefficient (Wildman–Crippen LogP) is 4.65. The van der Waals surface area contributed by atoms with Crippen molar-refractivity contribution in [2.75, 3.05) is 6.54 Å². The summed E-state index contributed by atoms with van der Waals surface area (Å²) in [4.78, 5) is 19.3. The van der Waals surface area contributed by atoms with Crippen molar-refractivity contribution in [3.63, 3.8) is 0 Å². The van der Waals surface area contributed by atoms with Gasteiger partial charge < -0.3 is 9.47 Å². The normalized spacial score (nSPS) is 17.4. The minimum absolute atomic E-state index is 0.192. The number of fused-ring (bicyclic) bond motifs is 1. The van der Waals surface area contributed by atoms with Crippen molar-refractivity contribution in [2.45, 2.75) is 44.6 Å². The smallest absolute Gasteiger partial charge is 0.223 e. The van der Waals surface area contributed by atoms with Crippen LogP contribution in [0.15, 0.2) is 55.0 Å². The number of hydrogen-bond acceptors (Lipinski definition) is 2. The molecule has 1 atom stereocenters. The third-order valence-corrected chi connectivity index (χ3v) is 5.71. The van der Waals surface area contributed by atoms with E-state index in [1.54, 1.807) is 6.20 Å². The molecule has 27 heavy (non-hydrogen) atoms.